The number of sulfonamides is 1. The van der Waals surface area contributed by atoms with Crippen LogP contribution in [0.25, 0.3) is 0 Å². The molecule has 0 spiro atoms. The standard InChI is InChI=1S/C23H23N3O5S/c1-17-7-5-11-20(13-17)31-16-22(27)25-26-23(28)19-10-6-12-21(14-19)32(29,30)24-15-18-8-3-2-4-9-18/h2-14,24H,15-16H2,1H3,(H,25,27)(H,26,28). The maximum atomic E-state index is 12.6. The van der Waals surface area contributed by atoms with Crippen molar-refractivity contribution in [3.05, 3.63) is 95.6 Å². The number of hydrogen-bond donors (Lipinski definition) is 3. The molecule has 0 aliphatic heterocycles. The summed E-state index contributed by atoms with van der Waals surface area (Å²) in [5.41, 5.74) is 6.36. The molecule has 0 unspecified atom stereocenters. The molecule has 3 aromatic carbocycles. The summed E-state index contributed by atoms with van der Waals surface area (Å²) in [7, 11) is -3.83. The van der Waals surface area contributed by atoms with Crippen LogP contribution in [0.2, 0.25) is 0 Å². The van der Waals surface area contributed by atoms with E-state index in [2.05, 4.69) is 15.6 Å². The van der Waals surface area contributed by atoms with E-state index in [1.54, 1.807) is 30.3 Å². The smallest absolute Gasteiger partial charge is 0.276 e. The van der Waals surface area contributed by atoms with Crippen LogP contribution in [0.3, 0.4) is 0 Å². The van der Waals surface area contributed by atoms with Gasteiger partial charge in [-0.05, 0) is 48.4 Å². The Morgan fingerprint density at radius 1 is 0.875 bits per heavy atom. The quantitative estimate of drug-likeness (QED) is 0.453. The molecule has 0 aliphatic rings. The zero-order valence-electron chi connectivity index (χ0n) is 17.4. The summed E-state index contributed by atoms with van der Waals surface area (Å²) in [6.07, 6.45) is 0. The molecule has 0 bridgehead atoms. The summed E-state index contributed by atoms with van der Waals surface area (Å²) in [5.74, 6) is -0.686. The highest BCUT2D eigenvalue weighted by molar-refractivity contribution is 7.89. The van der Waals surface area contributed by atoms with Crippen molar-refractivity contribution in [2.75, 3.05) is 6.61 Å². The summed E-state index contributed by atoms with van der Waals surface area (Å²) < 4.78 is 33.0. The zero-order valence-corrected chi connectivity index (χ0v) is 18.2. The Hall–Kier alpha value is -3.69. The first-order valence-electron chi connectivity index (χ1n) is 9.76. The Morgan fingerprint density at radius 2 is 1.62 bits per heavy atom. The molecule has 3 aromatic rings. The highest BCUT2D eigenvalue weighted by Gasteiger charge is 2.16. The van der Waals surface area contributed by atoms with Crippen LogP contribution >= 0.6 is 0 Å². The molecule has 0 fully saturated rings. The van der Waals surface area contributed by atoms with Crippen LogP contribution in [-0.4, -0.2) is 26.8 Å². The van der Waals surface area contributed by atoms with Crippen molar-refractivity contribution in [1.82, 2.24) is 15.6 Å². The molecule has 3 N–H and O–H groups in total. The molecule has 3 rings (SSSR count). The molecular formula is C23H23N3O5S. The first-order chi connectivity index (χ1) is 15.3. The maximum absolute atomic E-state index is 12.6. The van der Waals surface area contributed by atoms with Crippen LogP contribution in [0, 0.1) is 6.92 Å². The Labute approximate surface area is 186 Å². The minimum atomic E-state index is -3.83. The van der Waals surface area contributed by atoms with Crippen LogP contribution in [0.15, 0.2) is 83.8 Å². The molecule has 0 aliphatic carbocycles. The van der Waals surface area contributed by atoms with Gasteiger partial charge in [0.25, 0.3) is 11.8 Å². The molecule has 166 valence electrons. The molecule has 2 amide bonds. The molecule has 8 nitrogen and oxygen atoms in total. The number of carbonyl (C=O) groups excluding carboxylic acids is 2. The minimum Gasteiger partial charge on any atom is -0.484 e. The first-order valence-corrected chi connectivity index (χ1v) is 11.2. The SMILES string of the molecule is Cc1cccc(OCC(=O)NNC(=O)c2cccc(S(=O)(=O)NCc3ccccc3)c2)c1. The lowest BCUT2D eigenvalue weighted by Gasteiger charge is -2.11. The predicted molar refractivity (Wildman–Crippen MR) is 119 cm³/mol. The third-order valence-corrected chi connectivity index (χ3v) is 5.79. The van der Waals surface area contributed by atoms with Gasteiger partial charge in [0, 0.05) is 12.1 Å². The topological polar surface area (TPSA) is 114 Å². The van der Waals surface area contributed by atoms with E-state index in [4.69, 9.17) is 4.74 Å². The van der Waals surface area contributed by atoms with Crippen LogP contribution in [0.4, 0.5) is 0 Å². The van der Waals surface area contributed by atoms with Gasteiger partial charge in [-0.25, -0.2) is 13.1 Å². The van der Waals surface area contributed by atoms with E-state index in [0.29, 0.717) is 5.75 Å². The van der Waals surface area contributed by atoms with Crippen molar-refractivity contribution < 1.29 is 22.7 Å². The maximum Gasteiger partial charge on any atom is 0.276 e. The van der Waals surface area contributed by atoms with Crippen LogP contribution < -0.4 is 20.3 Å². The monoisotopic (exact) mass is 453 g/mol. The summed E-state index contributed by atoms with van der Waals surface area (Å²) in [6.45, 7) is 1.73. The van der Waals surface area contributed by atoms with Gasteiger partial charge in [0.1, 0.15) is 5.75 Å². The van der Waals surface area contributed by atoms with Gasteiger partial charge in [-0.3, -0.25) is 20.4 Å². The average Bonchev–Trinajstić information content (AvgIpc) is 2.81. The van der Waals surface area contributed by atoms with Gasteiger partial charge in [0.15, 0.2) is 6.61 Å². The lowest BCUT2D eigenvalue weighted by Crippen LogP contribution is -2.43. The Bertz CT molecular complexity index is 1200. The molecule has 32 heavy (non-hydrogen) atoms. The van der Waals surface area contributed by atoms with Crippen molar-refractivity contribution in [3.8, 4) is 5.75 Å². The third-order valence-electron chi connectivity index (χ3n) is 4.39. The fourth-order valence-corrected chi connectivity index (χ4v) is 3.81. The minimum absolute atomic E-state index is 0.0600. The Balaban J connectivity index is 1.54. The number of amides is 2. The van der Waals surface area contributed by atoms with E-state index >= 15 is 0 Å². The van der Waals surface area contributed by atoms with Crippen LogP contribution in [-0.2, 0) is 21.4 Å². The van der Waals surface area contributed by atoms with Gasteiger partial charge in [-0.15, -0.1) is 0 Å². The van der Waals surface area contributed by atoms with Gasteiger partial charge in [-0.1, -0.05) is 48.5 Å². The number of hydrogen-bond acceptors (Lipinski definition) is 5. The fraction of sp³-hybridized carbons (Fsp3) is 0.130. The second-order valence-electron chi connectivity index (χ2n) is 6.95. The normalized spacial score (nSPS) is 10.9. The van der Waals surface area contributed by atoms with Gasteiger partial charge in [-0.2, -0.15) is 0 Å². The predicted octanol–water partition coefficient (Wildman–Crippen LogP) is 2.31. The number of carbonyl (C=O) groups is 2. The van der Waals surface area contributed by atoms with Crippen molar-refractivity contribution >= 4 is 21.8 Å². The van der Waals surface area contributed by atoms with Gasteiger partial charge < -0.3 is 4.74 Å². The second-order valence-corrected chi connectivity index (χ2v) is 8.71. The molecule has 0 radical (unpaired) electrons. The Kier molecular flexibility index (Phi) is 7.58. The highest BCUT2D eigenvalue weighted by Crippen LogP contribution is 2.13. The molecule has 0 saturated heterocycles. The highest BCUT2D eigenvalue weighted by atomic mass is 32.2. The van der Waals surface area contributed by atoms with Crippen LogP contribution in [0.5, 0.6) is 5.75 Å². The van der Waals surface area contributed by atoms with E-state index in [9.17, 15) is 18.0 Å². The molecular weight excluding hydrogens is 430 g/mol. The summed E-state index contributed by atoms with van der Waals surface area (Å²) >= 11 is 0. The van der Waals surface area contributed by atoms with Crippen molar-refractivity contribution in [3.63, 3.8) is 0 Å². The fourth-order valence-electron chi connectivity index (χ4n) is 2.75. The number of benzene rings is 3. The third kappa shape index (κ3) is 6.66. The number of hydrazine groups is 1. The lowest BCUT2D eigenvalue weighted by atomic mass is 10.2. The average molecular weight is 454 g/mol. The van der Waals surface area contributed by atoms with E-state index in [0.717, 1.165) is 11.1 Å². The zero-order chi connectivity index (χ0) is 23.0. The summed E-state index contributed by atoms with van der Waals surface area (Å²) in [4.78, 5) is 24.2. The van der Waals surface area contributed by atoms with E-state index in [1.165, 1.54) is 24.3 Å². The molecule has 9 heteroatoms. The molecule has 0 atom stereocenters. The Morgan fingerprint density at radius 3 is 2.38 bits per heavy atom. The summed E-state index contributed by atoms with van der Waals surface area (Å²) in [5, 5.41) is 0. The van der Waals surface area contributed by atoms with E-state index in [-0.39, 0.29) is 23.6 Å². The number of ether oxygens (including phenoxy) is 1. The van der Waals surface area contributed by atoms with E-state index < -0.39 is 21.8 Å². The molecule has 0 heterocycles. The van der Waals surface area contributed by atoms with Crippen molar-refractivity contribution in [1.29, 1.82) is 0 Å². The van der Waals surface area contributed by atoms with Crippen molar-refractivity contribution in [2.24, 2.45) is 0 Å². The van der Waals surface area contributed by atoms with Crippen molar-refractivity contribution in [2.45, 2.75) is 18.4 Å². The lowest BCUT2D eigenvalue weighted by molar-refractivity contribution is -0.123. The first kappa shape index (κ1) is 23.0. The van der Waals surface area contributed by atoms with E-state index in [1.807, 2.05) is 31.2 Å². The summed E-state index contributed by atoms with van der Waals surface area (Å²) in [6, 6.07) is 21.8. The van der Waals surface area contributed by atoms with Gasteiger partial charge >= 0.3 is 0 Å². The molecule has 0 saturated carbocycles. The van der Waals surface area contributed by atoms with Crippen LogP contribution in [0.1, 0.15) is 21.5 Å². The number of rotatable bonds is 8. The van der Waals surface area contributed by atoms with Gasteiger partial charge in [0.05, 0.1) is 4.90 Å². The number of aryl methyl sites for hydroxylation is 1. The molecule has 0 aromatic heterocycles. The van der Waals surface area contributed by atoms with Gasteiger partial charge in [0.2, 0.25) is 10.0 Å². The largest absolute Gasteiger partial charge is 0.484 e. The second kappa shape index (κ2) is 10.6. The number of nitrogens with one attached hydrogen (secondary N) is 3.